The molecule has 0 atom stereocenters. The van der Waals surface area contributed by atoms with Crippen LogP contribution in [-0.2, 0) is 13.0 Å². The fourth-order valence-electron chi connectivity index (χ4n) is 2.51. The number of fused-ring (bicyclic) bond motifs is 1. The minimum atomic E-state index is -0.100. The Morgan fingerprint density at radius 2 is 2.30 bits per heavy atom. The van der Waals surface area contributed by atoms with Gasteiger partial charge in [0.15, 0.2) is 5.58 Å². The van der Waals surface area contributed by atoms with Crippen molar-refractivity contribution in [1.82, 2.24) is 14.9 Å². The number of hydrogen-bond donors (Lipinski definition) is 1. The summed E-state index contributed by atoms with van der Waals surface area (Å²) >= 11 is 0. The molecule has 0 aliphatic heterocycles. The van der Waals surface area contributed by atoms with E-state index in [4.69, 9.17) is 4.42 Å². The first-order valence-corrected chi connectivity index (χ1v) is 7.65. The molecule has 0 saturated carbocycles. The summed E-state index contributed by atoms with van der Waals surface area (Å²) in [6.07, 6.45) is 8.08. The molecule has 3 rings (SSSR count). The first-order valence-electron chi connectivity index (χ1n) is 7.65. The fourth-order valence-corrected chi connectivity index (χ4v) is 2.51. The van der Waals surface area contributed by atoms with Crippen molar-refractivity contribution in [2.75, 3.05) is 6.54 Å². The Bertz CT molecular complexity index is 815. The molecule has 0 aliphatic carbocycles. The SMILES string of the molecule is C/C=C\Cn1c(C(=O)NCCc2ccccn2)cc2occc21. The van der Waals surface area contributed by atoms with Gasteiger partial charge >= 0.3 is 0 Å². The van der Waals surface area contributed by atoms with Crippen molar-refractivity contribution in [3.8, 4) is 0 Å². The van der Waals surface area contributed by atoms with Gasteiger partial charge < -0.3 is 14.3 Å². The van der Waals surface area contributed by atoms with Gasteiger partial charge in [-0.25, -0.2) is 0 Å². The monoisotopic (exact) mass is 309 g/mol. The van der Waals surface area contributed by atoms with Gasteiger partial charge in [-0.2, -0.15) is 0 Å². The molecular weight excluding hydrogens is 290 g/mol. The maximum Gasteiger partial charge on any atom is 0.268 e. The lowest BCUT2D eigenvalue weighted by atomic mass is 10.2. The lowest BCUT2D eigenvalue weighted by molar-refractivity contribution is 0.0945. The summed E-state index contributed by atoms with van der Waals surface area (Å²) in [5.74, 6) is -0.100. The highest BCUT2D eigenvalue weighted by Gasteiger charge is 2.16. The largest absolute Gasteiger partial charge is 0.463 e. The standard InChI is InChI=1S/C18H19N3O2/c1-2-3-11-21-15-8-12-23-17(15)13-16(21)18(22)20-10-7-14-6-4-5-9-19-14/h2-6,8-9,12-13H,7,10-11H2,1H3,(H,20,22)/b3-2-. The van der Waals surface area contributed by atoms with E-state index in [9.17, 15) is 4.79 Å². The molecule has 1 amide bonds. The molecule has 1 N–H and O–H groups in total. The van der Waals surface area contributed by atoms with Gasteiger partial charge in [0.05, 0.1) is 11.8 Å². The van der Waals surface area contributed by atoms with Gasteiger partial charge in [0.1, 0.15) is 5.69 Å². The zero-order chi connectivity index (χ0) is 16.1. The van der Waals surface area contributed by atoms with Gasteiger partial charge in [0, 0.05) is 43.5 Å². The molecule has 3 aromatic heterocycles. The van der Waals surface area contributed by atoms with Gasteiger partial charge in [0.25, 0.3) is 5.91 Å². The van der Waals surface area contributed by atoms with E-state index in [1.807, 2.05) is 47.9 Å². The zero-order valence-electron chi connectivity index (χ0n) is 13.0. The average molecular weight is 309 g/mol. The molecule has 0 aliphatic rings. The van der Waals surface area contributed by atoms with Gasteiger partial charge in [-0.3, -0.25) is 9.78 Å². The Morgan fingerprint density at radius 1 is 1.39 bits per heavy atom. The molecule has 0 saturated heterocycles. The molecule has 3 aromatic rings. The van der Waals surface area contributed by atoms with Crippen LogP contribution in [0.3, 0.4) is 0 Å². The van der Waals surface area contributed by atoms with Gasteiger partial charge in [-0.1, -0.05) is 18.2 Å². The highest BCUT2D eigenvalue weighted by Crippen LogP contribution is 2.21. The summed E-state index contributed by atoms with van der Waals surface area (Å²) < 4.78 is 7.36. The van der Waals surface area contributed by atoms with Gasteiger partial charge in [-0.05, 0) is 19.1 Å². The van der Waals surface area contributed by atoms with Crippen molar-refractivity contribution in [3.05, 3.63) is 66.3 Å². The Labute approximate surface area is 134 Å². The van der Waals surface area contributed by atoms with Crippen LogP contribution in [0.4, 0.5) is 0 Å². The highest BCUT2D eigenvalue weighted by molar-refractivity contribution is 5.97. The molecule has 0 radical (unpaired) electrons. The molecule has 0 unspecified atom stereocenters. The lowest BCUT2D eigenvalue weighted by Gasteiger charge is -2.08. The summed E-state index contributed by atoms with van der Waals surface area (Å²) in [6, 6.07) is 9.44. The van der Waals surface area contributed by atoms with Crippen molar-refractivity contribution < 1.29 is 9.21 Å². The number of allylic oxidation sites excluding steroid dienone is 2. The third-order valence-electron chi connectivity index (χ3n) is 3.67. The highest BCUT2D eigenvalue weighted by atomic mass is 16.3. The summed E-state index contributed by atoms with van der Waals surface area (Å²) in [5, 5.41) is 2.95. The van der Waals surface area contributed by atoms with Crippen LogP contribution in [0.2, 0.25) is 0 Å². The van der Waals surface area contributed by atoms with Gasteiger partial charge in [-0.15, -0.1) is 0 Å². The number of nitrogens with one attached hydrogen (secondary N) is 1. The number of furan rings is 1. The quantitative estimate of drug-likeness (QED) is 0.711. The first kappa shape index (κ1) is 15.1. The number of carbonyl (C=O) groups excluding carboxylic acids is 1. The zero-order valence-corrected chi connectivity index (χ0v) is 13.0. The van der Waals surface area contributed by atoms with E-state index in [2.05, 4.69) is 10.3 Å². The number of aromatic nitrogens is 2. The normalized spacial score (nSPS) is 11.3. The van der Waals surface area contributed by atoms with E-state index in [0.29, 0.717) is 25.2 Å². The smallest absolute Gasteiger partial charge is 0.268 e. The van der Waals surface area contributed by atoms with Crippen LogP contribution in [0.15, 0.2) is 59.4 Å². The molecule has 0 fully saturated rings. The molecule has 3 heterocycles. The fraction of sp³-hybridized carbons (Fsp3) is 0.222. The van der Waals surface area contributed by atoms with Crippen LogP contribution >= 0.6 is 0 Å². The van der Waals surface area contributed by atoms with E-state index in [1.54, 1.807) is 18.5 Å². The molecule has 0 spiro atoms. The minimum absolute atomic E-state index is 0.100. The predicted octanol–water partition coefficient (Wildman–Crippen LogP) is 3.18. The first-order chi connectivity index (χ1) is 11.3. The van der Waals surface area contributed by atoms with Crippen molar-refractivity contribution in [3.63, 3.8) is 0 Å². The second-order valence-corrected chi connectivity index (χ2v) is 5.21. The molecule has 23 heavy (non-hydrogen) atoms. The van der Waals surface area contributed by atoms with Crippen molar-refractivity contribution in [2.45, 2.75) is 19.9 Å². The summed E-state index contributed by atoms with van der Waals surface area (Å²) in [5.41, 5.74) is 3.23. The molecular formula is C18H19N3O2. The molecule has 5 nitrogen and oxygen atoms in total. The van der Waals surface area contributed by atoms with Crippen molar-refractivity contribution >= 4 is 17.0 Å². The number of rotatable bonds is 6. The maximum absolute atomic E-state index is 12.5. The molecule has 0 aromatic carbocycles. The van der Waals surface area contributed by atoms with Crippen LogP contribution in [-0.4, -0.2) is 22.0 Å². The van der Waals surface area contributed by atoms with E-state index in [1.165, 1.54) is 0 Å². The Hall–Kier alpha value is -2.82. The van der Waals surface area contributed by atoms with Crippen LogP contribution in [0.1, 0.15) is 23.1 Å². The number of pyridine rings is 1. The number of hydrogen-bond acceptors (Lipinski definition) is 3. The molecule has 5 heteroatoms. The van der Waals surface area contributed by atoms with Crippen molar-refractivity contribution in [1.29, 1.82) is 0 Å². The molecule has 0 bridgehead atoms. The topological polar surface area (TPSA) is 60.1 Å². The summed E-state index contributed by atoms with van der Waals surface area (Å²) in [7, 11) is 0. The Morgan fingerprint density at radius 3 is 3.09 bits per heavy atom. The average Bonchev–Trinajstić information content (AvgIpc) is 3.15. The number of amides is 1. The minimum Gasteiger partial charge on any atom is -0.463 e. The lowest BCUT2D eigenvalue weighted by Crippen LogP contribution is -2.28. The second-order valence-electron chi connectivity index (χ2n) is 5.21. The summed E-state index contributed by atoms with van der Waals surface area (Å²) in [4.78, 5) is 16.7. The van der Waals surface area contributed by atoms with E-state index >= 15 is 0 Å². The third kappa shape index (κ3) is 3.34. The van der Waals surface area contributed by atoms with E-state index in [-0.39, 0.29) is 5.91 Å². The van der Waals surface area contributed by atoms with Crippen molar-refractivity contribution in [2.24, 2.45) is 0 Å². The predicted molar refractivity (Wildman–Crippen MR) is 89.3 cm³/mol. The van der Waals surface area contributed by atoms with Crippen LogP contribution in [0.25, 0.3) is 11.1 Å². The maximum atomic E-state index is 12.5. The van der Waals surface area contributed by atoms with Crippen LogP contribution < -0.4 is 5.32 Å². The second kappa shape index (κ2) is 6.96. The number of carbonyl (C=O) groups is 1. The third-order valence-corrected chi connectivity index (χ3v) is 3.67. The summed E-state index contributed by atoms with van der Waals surface area (Å²) in [6.45, 7) is 3.15. The van der Waals surface area contributed by atoms with Gasteiger partial charge in [0.2, 0.25) is 0 Å². The van der Waals surface area contributed by atoms with E-state index in [0.717, 1.165) is 16.8 Å². The molecule has 118 valence electrons. The Kier molecular flexibility index (Phi) is 4.57. The number of nitrogens with zero attached hydrogens (tertiary/aromatic N) is 2. The Balaban J connectivity index is 1.71. The van der Waals surface area contributed by atoms with Crippen LogP contribution in [0, 0.1) is 0 Å². The van der Waals surface area contributed by atoms with Crippen LogP contribution in [0.5, 0.6) is 0 Å². The van der Waals surface area contributed by atoms with E-state index < -0.39 is 0 Å².